The fourth-order valence-electron chi connectivity index (χ4n) is 2.19. The van der Waals surface area contributed by atoms with Crippen LogP contribution in [0.3, 0.4) is 0 Å². The second-order valence-electron chi connectivity index (χ2n) is 4.76. The summed E-state index contributed by atoms with van der Waals surface area (Å²) < 4.78 is 0. The minimum Gasteiger partial charge on any atom is -0.399 e. The van der Waals surface area contributed by atoms with Crippen molar-refractivity contribution in [1.29, 1.82) is 5.26 Å². The van der Waals surface area contributed by atoms with Crippen molar-refractivity contribution in [2.24, 2.45) is 0 Å². The van der Waals surface area contributed by atoms with E-state index in [2.05, 4.69) is 25.2 Å². The fraction of sp³-hybridized carbons (Fsp3) is 0.235. The molecule has 0 spiro atoms. The zero-order chi connectivity index (χ0) is 15.2. The third-order valence-corrected chi connectivity index (χ3v) is 4.16. The van der Waals surface area contributed by atoms with Gasteiger partial charge in [0.15, 0.2) is 0 Å². The van der Waals surface area contributed by atoms with Crippen LogP contribution < -0.4 is 11.1 Å². The number of benzene rings is 2. The average molecular weight is 297 g/mol. The van der Waals surface area contributed by atoms with Gasteiger partial charge in [-0.1, -0.05) is 25.1 Å². The number of thioether (sulfide) groups is 1. The minimum absolute atomic E-state index is 0.0856. The first-order valence-corrected chi connectivity index (χ1v) is 7.92. The first-order chi connectivity index (χ1) is 10.2. The normalized spacial score (nSPS) is 11.7. The first kappa shape index (κ1) is 15.3. The summed E-state index contributed by atoms with van der Waals surface area (Å²) in [7, 11) is 0. The van der Waals surface area contributed by atoms with Gasteiger partial charge in [-0.25, -0.2) is 0 Å². The average Bonchev–Trinajstić information content (AvgIpc) is 2.48. The Morgan fingerprint density at radius 3 is 2.71 bits per heavy atom. The van der Waals surface area contributed by atoms with Gasteiger partial charge in [0.25, 0.3) is 0 Å². The molecule has 0 amide bonds. The standard InChI is InChI=1S/C17H19N3S/c1-3-21-17-9-5-8-16(15(17)11-18)20-12(2)13-6-4-7-14(19)10-13/h4-10,12,20H,3,19H2,1-2H3. The molecule has 3 nitrogen and oxygen atoms in total. The summed E-state index contributed by atoms with van der Waals surface area (Å²) >= 11 is 1.68. The van der Waals surface area contributed by atoms with Gasteiger partial charge in [-0.05, 0) is 42.5 Å². The molecule has 0 aromatic heterocycles. The third kappa shape index (κ3) is 3.71. The molecule has 0 saturated carbocycles. The molecule has 4 heteroatoms. The topological polar surface area (TPSA) is 61.8 Å². The smallest absolute Gasteiger partial charge is 0.102 e. The number of hydrogen-bond donors (Lipinski definition) is 2. The van der Waals surface area contributed by atoms with E-state index in [4.69, 9.17) is 5.73 Å². The zero-order valence-corrected chi connectivity index (χ0v) is 13.1. The predicted octanol–water partition coefficient (Wildman–Crippen LogP) is 4.43. The molecule has 0 aliphatic carbocycles. The number of nitrogens with zero attached hydrogens (tertiary/aromatic N) is 1. The number of hydrogen-bond acceptors (Lipinski definition) is 4. The summed E-state index contributed by atoms with van der Waals surface area (Å²) in [6.07, 6.45) is 0. The molecule has 108 valence electrons. The number of nitrogens with one attached hydrogen (secondary N) is 1. The van der Waals surface area contributed by atoms with E-state index < -0.39 is 0 Å². The van der Waals surface area contributed by atoms with E-state index in [-0.39, 0.29) is 6.04 Å². The maximum absolute atomic E-state index is 9.43. The summed E-state index contributed by atoms with van der Waals surface area (Å²) in [5.74, 6) is 0.947. The molecular formula is C17H19N3S. The van der Waals surface area contributed by atoms with E-state index in [0.717, 1.165) is 27.6 Å². The van der Waals surface area contributed by atoms with Crippen LogP contribution >= 0.6 is 11.8 Å². The van der Waals surface area contributed by atoms with Crippen molar-refractivity contribution in [2.75, 3.05) is 16.8 Å². The second kappa shape index (κ2) is 7.05. The van der Waals surface area contributed by atoms with Gasteiger partial charge in [0.1, 0.15) is 6.07 Å². The molecule has 0 aliphatic rings. The summed E-state index contributed by atoms with van der Waals surface area (Å²) in [5, 5.41) is 12.8. The van der Waals surface area contributed by atoms with Crippen LogP contribution in [0.25, 0.3) is 0 Å². The van der Waals surface area contributed by atoms with Crippen LogP contribution in [0.15, 0.2) is 47.4 Å². The van der Waals surface area contributed by atoms with Crippen LogP contribution in [-0.4, -0.2) is 5.75 Å². The Kier molecular flexibility index (Phi) is 5.13. The SMILES string of the molecule is CCSc1cccc(NC(C)c2cccc(N)c2)c1C#N. The van der Waals surface area contributed by atoms with Crippen molar-refractivity contribution in [3.8, 4) is 6.07 Å². The molecule has 2 aromatic carbocycles. The molecular weight excluding hydrogens is 278 g/mol. The largest absolute Gasteiger partial charge is 0.399 e. The predicted molar refractivity (Wildman–Crippen MR) is 90.4 cm³/mol. The number of nitrogen functional groups attached to an aromatic ring is 1. The lowest BCUT2D eigenvalue weighted by molar-refractivity contribution is 0.883. The summed E-state index contributed by atoms with van der Waals surface area (Å²) in [5.41, 5.74) is 9.25. The maximum atomic E-state index is 9.43. The van der Waals surface area contributed by atoms with Crippen molar-refractivity contribution in [1.82, 2.24) is 0 Å². The highest BCUT2D eigenvalue weighted by Crippen LogP contribution is 2.30. The van der Waals surface area contributed by atoms with Gasteiger partial charge >= 0.3 is 0 Å². The molecule has 0 aliphatic heterocycles. The quantitative estimate of drug-likeness (QED) is 0.633. The Morgan fingerprint density at radius 2 is 2.05 bits per heavy atom. The van der Waals surface area contributed by atoms with E-state index in [1.165, 1.54) is 0 Å². The maximum Gasteiger partial charge on any atom is 0.102 e. The lowest BCUT2D eigenvalue weighted by atomic mass is 10.1. The zero-order valence-electron chi connectivity index (χ0n) is 12.3. The molecule has 1 atom stereocenters. The summed E-state index contributed by atoms with van der Waals surface area (Å²) in [6.45, 7) is 4.15. The first-order valence-electron chi connectivity index (χ1n) is 6.93. The van der Waals surface area contributed by atoms with Gasteiger partial charge in [0, 0.05) is 16.6 Å². The van der Waals surface area contributed by atoms with Crippen LogP contribution in [0, 0.1) is 11.3 Å². The Hall–Kier alpha value is -2.12. The van der Waals surface area contributed by atoms with Gasteiger partial charge < -0.3 is 11.1 Å². The highest BCUT2D eigenvalue weighted by molar-refractivity contribution is 7.99. The molecule has 0 bridgehead atoms. The van der Waals surface area contributed by atoms with E-state index in [1.807, 2.05) is 42.5 Å². The molecule has 2 aromatic rings. The van der Waals surface area contributed by atoms with Gasteiger partial charge in [-0.15, -0.1) is 11.8 Å². The minimum atomic E-state index is 0.0856. The number of rotatable bonds is 5. The molecule has 0 saturated heterocycles. The number of nitriles is 1. The van der Waals surface area contributed by atoms with Gasteiger partial charge in [-0.3, -0.25) is 0 Å². The highest BCUT2D eigenvalue weighted by atomic mass is 32.2. The second-order valence-corrected chi connectivity index (χ2v) is 6.07. The van der Waals surface area contributed by atoms with Crippen molar-refractivity contribution in [3.05, 3.63) is 53.6 Å². The van der Waals surface area contributed by atoms with E-state index in [9.17, 15) is 5.26 Å². The fourth-order valence-corrected chi connectivity index (χ4v) is 2.97. The molecule has 0 heterocycles. The van der Waals surface area contributed by atoms with Gasteiger partial charge in [0.2, 0.25) is 0 Å². The monoisotopic (exact) mass is 297 g/mol. The van der Waals surface area contributed by atoms with Gasteiger partial charge in [0.05, 0.1) is 11.3 Å². The van der Waals surface area contributed by atoms with Crippen LogP contribution in [0.4, 0.5) is 11.4 Å². The van der Waals surface area contributed by atoms with Crippen molar-refractivity contribution in [2.45, 2.75) is 24.8 Å². The summed E-state index contributed by atoms with van der Waals surface area (Å²) in [6, 6.07) is 16.1. The van der Waals surface area contributed by atoms with Crippen molar-refractivity contribution in [3.63, 3.8) is 0 Å². The highest BCUT2D eigenvalue weighted by Gasteiger charge is 2.11. The summed E-state index contributed by atoms with van der Waals surface area (Å²) in [4.78, 5) is 1.02. The van der Waals surface area contributed by atoms with Crippen molar-refractivity contribution >= 4 is 23.1 Å². The van der Waals surface area contributed by atoms with Crippen LogP contribution in [-0.2, 0) is 0 Å². The molecule has 1 unspecified atom stereocenters. The molecule has 3 N–H and O–H groups in total. The Labute approximate surface area is 130 Å². The van der Waals surface area contributed by atoms with Crippen LogP contribution in [0.1, 0.15) is 31.0 Å². The van der Waals surface area contributed by atoms with Crippen molar-refractivity contribution < 1.29 is 0 Å². The lowest BCUT2D eigenvalue weighted by Crippen LogP contribution is -2.08. The van der Waals surface area contributed by atoms with Gasteiger partial charge in [-0.2, -0.15) is 5.26 Å². The van der Waals surface area contributed by atoms with E-state index >= 15 is 0 Å². The Balaban J connectivity index is 2.27. The Bertz CT molecular complexity index is 661. The third-order valence-electron chi connectivity index (χ3n) is 3.22. The van der Waals surface area contributed by atoms with Crippen LogP contribution in [0.2, 0.25) is 0 Å². The number of anilines is 2. The Morgan fingerprint density at radius 1 is 1.29 bits per heavy atom. The number of nitrogens with two attached hydrogens (primary N) is 1. The van der Waals surface area contributed by atoms with E-state index in [1.54, 1.807) is 11.8 Å². The lowest BCUT2D eigenvalue weighted by Gasteiger charge is -2.18. The molecule has 2 rings (SSSR count). The molecule has 0 fully saturated rings. The molecule has 21 heavy (non-hydrogen) atoms. The van der Waals surface area contributed by atoms with E-state index in [0.29, 0.717) is 5.56 Å². The molecule has 0 radical (unpaired) electrons. The van der Waals surface area contributed by atoms with Crippen LogP contribution in [0.5, 0.6) is 0 Å².